The lowest BCUT2D eigenvalue weighted by molar-refractivity contribution is -0.123. The van der Waals surface area contributed by atoms with E-state index in [1.54, 1.807) is 0 Å². The SMILES string of the molecule is O=C(NCCC1CCC1)C1CCCCN1. The van der Waals surface area contributed by atoms with Crippen LogP contribution in [0, 0.1) is 5.92 Å². The minimum atomic E-state index is 0.0835. The van der Waals surface area contributed by atoms with E-state index >= 15 is 0 Å². The molecule has 1 aliphatic carbocycles. The van der Waals surface area contributed by atoms with E-state index in [1.807, 2.05) is 0 Å². The summed E-state index contributed by atoms with van der Waals surface area (Å²) in [6.07, 6.45) is 8.73. The molecule has 2 fully saturated rings. The molecule has 0 bridgehead atoms. The van der Waals surface area contributed by atoms with Crippen LogP contribution in [0.25, 0.3) is 0 Å². The van der Waals surface area contributed by atoms with E-state index in [9.17, 15) is 4.79 Å². The molecule has 2 aliphatic rings. The van der Waals surface area contributed by atoms with Crippen LogP contribution in [0.5, 0.6) is 0 Å². The fourth-order valence-corrected chi connectivity index (χ4v) is 2.38. The molecule has 1 unspecified atom stereocenters. The summed E-state index contributed by atoms with van der Waals surface area (Å²) >= 11 is 0. The van der Waals surface area contributed by atoms with Crippen LogP contribution in [0.4, 0.5) is 0 Å². The molecule has 3 nitrogen and oxygen atoms in total. The van der Waals surface area contributed by atoms with Crippen LogP contribution in [-0.2, 0) is 4.79 Å². The third kappa shape index (κ3) is 3.20. The summed E-state index contributed by atoms with van der Waals surface area (Å²) in [5.74, 6) is 1.11. The zero-order valence-corrected chi connectivity index (χ0v) is 9.43. The molecular formula is C12H22N2O. The van der Waals surface area contributed by atoms with Crippen molar-refractivity contribution in [1.82, 2.24) is 10.6 Å². The molecular weight excluding hydrogens is 188 g/mol. The Morgan fingerprint density at radius 1 is 1.20 bits per heavy atom. The standard InChI is InChI=1S/C12H22N2O/c15-12(11-6-1-2-8-13-11)14-9-7-10-4-3-5-10/h10-11,13H,1-9H2,(H,14,15). The van der Waals surface area contributed by atoms with Gasteiger partial charge in [-0.15, -0.1) is 0 Å². The summed E-state index contributed by atoms with van der Waals surface area (Å²) in [4.78, 5) is 11.7. The molecule has 2 rings (SSSR count). The largest absolute Gasteiger partial charge is 0.355 e. The van der Waals surface area contributed by atoms with Crippen LogP contribution < -0.4 is 10.6 Å². The number of carbonyl (C=O) groups excluding carboxylic acids is 1. The topological polar surface area (TPSA) is 41.1 Å². The Morgan fingerprint density at radius 3 is 2.67 bits per heavy atom. The molecule has 1 saturated carbocycles. The summed E-state index contributed by atoms with van der Waals surface area (Å²) < 4.78 is 0. The number of amides is 1. The number of hydrogen-bond acceptors (Lipinski definition) is 2. The lowest BCUT2D eigenvalue weighted by Crippen LogP contribution is -2.47. The smallest absolute Gasteiger partial charge is 0.237 e. The summed E-state index contributed by atoms with van der Waals surface area (Å²) in [6.45, 7) is 1.88. The monoisotopic (exact) mass is 210 g/mol. The molecule has 0 aromatic rings. The first kappa shape index (κ1) is 10.9. The van der Waals surface area contributed by atoms with Gasteiger partial charge in [0.1, 0.15) is 0 Å². The molecule has 1 atom stereocenters. The Hall–Kier alpha value is -0.570. The van der Waals surface area contributed by atoms with E-state index in [0.717, 1.165) is 25.4 Å². The van der Waals surface area contributed by atoms with E-state index in [-0.39, 0.29) is 11.9 Å². The normalized spacial score (nSPS) is 27.1. The summed E-state index contributed by atoms with van der Waals surface area (Å²) in [5.41, 5.74) is 0. The summed E-state index contributed by atoms with van der Waals surface area (Å²) in [7, 11) is 0. The first-order valence-corrected chi connectivity index (χ1v) is 6.37. The van der Waals surface area contributed by atoms with E-state index in [1.165, 1.54) is 38.5 Å². The van der Waals surface area contributed by atoms with Crippen molar-refractivity contribution in [2.75, 3.05) is 13.1 Å². The number of carbonyl (C=O) groups is 1. The first-order valence-electron chi connectivity index (χ1n) is 6.37. The number of hydrogen-bond donors (Lipinski definition) is 2. The maximum absolute atomic E-state index is 11.7. The van der Waals surface area contributed by atoms with Gasteiger partial charge in [0.2, 0.25) is 5.91 Å². The lowest BCUT2D eigenvalue weighted by atomic mass is 9.83. The summed E-state index contributed by atoms with van der Waals surface area (Å²) in [5, 5.41) is 6.32. The molecule has 2 N–H and O–H groups in total. The molecule has 0 spiro atoms. The second kappa shape index (κ2) is 5.50. The highest BCUT2D eigenvalue weighted by molar-refractivity contribution is 5.81. The summed E-state index contributed by atoms with van der Waals surface area (Å²) in [6, 6.07) is 0.0835. The fraction of sp³-hybridized carbons (Fsp3) is 0.917. The van der Waals surface area contributed by atoms with Gasteiger partial charge in [0.05, 0.1) is 6.04 Å². The van der Waals surface area contributed by atoms with Crippen molar-refractivity contribution in [3.63, 3.8) is 0 Å². The van der Waals surface area contributed by atoms with Crippen molar-refractivity contribution in [2.24, 2.45) is 5.92 Å². The number of rotatable bonds is 4. The Balaban J connectivity index is 1.58. The predicted octanol–water partition coefficient (Wildman–Crippen LogP) is 1.43. The van der Waals surface area contributed by atoms with Crippen LogP contribution in [0.2, 0.25) is 0 Å². The Labute approximate surface area is 92.0 Å². The Morgan fingerprint density at radius 2 is 2.07 bits per heavy atom. The van der Waals surface area contributed by atoms with Crippen molar-refractivity contribution >= 4 is 5.91 Å². The Kier molecular flexibility index (Phi) is 4.01. The number of nitrogens with one attached hydrogen (secondary N) is 2. The molecule has 86 valence electrons. The molecule has 0 aromatic carbocycles. The quantitative estimate of drug-likeness (QED) is 0.737. The maximum atomic E-state index is 11.7. The van der Waals surface area contributed by atoms with Gasteiger partial charge in [-0.05, 0) is 31.7 Å². The van der Waals surface area contributed by atoms with E-state index in [4.69, 9.17) is 0 Å². The minimum absolute atomic E-state index is 0.0835. The van der Waals surface area contributed by atoms with Gasteiger partial charge >= 0.3 is 0 Å². The van der Waals surface area contributed by atoms with E-state index in [2.05, 4.69) is 10.6 Å². The fourth-order valence-electron chi connectivity index (χ4n) is 2.38. The zero-order valence-electron chi connectivity index (χ0n) is 9.43. The second-order valence-electron chi connectivity index (χ2n) is 4.88. The molecule has 0 radical (unpaired) electrons. The third-order valence-electron chi connectivity index (χ3n) is 3.70. The van der Waals surface area contributed by atoms with Crippen molar-refractivity contribution in [3.8, 4) is 0 Å². The molecule has 1 aliphatic heterocycles. The number of piperidine rings is 1. The molecule has 0 aromatic heterocycles. The lowest BCUT2D eigenvalue weighted by Gasteiger charge is -2.26. The van der Waals surface area contributed by atoms with Crippen LogP contribution in [0.3, 0.4) is 0 Å². The van der Waals surface area contributed by atoms with Gasteiger partial charge < -0.3 is 10.6 Å². The van der Waals surface area contributed by atoms with Crippen molar-refractivity contribution in [1.29, 1.82) is 0 Å². The minimum Gasteiger partial charge on any atom is -0.355 e. The molecule has 15 heavy (non-hydrogen) atoms. The first-order chi connectivity index (χ1) is 7.36. The van der Waals surface area contributed by atoms with E-state index in [0.29, 0.717) is 0 Å². The average Bonchev–Trinajstić information content (AvgIpc) is 2.23. The van der Waals surface area contributed by atoms with Crippen molar-refractivity contribution in [2.45, 2.75) is 51.0 Å². The van der Waals surface area contributed by atoms with Crippen LogP contribution in [0.15, 0.2) is 0 Å². The molecule has 1 amide bonds. The van der Waals surface area contributed by atoms with Gasteiger partial charge in [-0.1, -0.05) is 25.7 Å². The average molecular weight is 210 g/mol. The highest BCUT2D eigenvalue weighted by Crippen LogP contribution is 2.28. The Bertz CT molecular complexity index is 208. The van der Waals surface area contributed by atoms with Crippen molar-refractivity contribution < 1.29 is 4.79 Å². The van der Waals surface area contributed by atoms with Gasteiger partial charge in [0.25, 0.3) is 0 Å². The van der Waals surface area contributed by atoms with Gasteiger partial charge in [-0.25, -0.2) is 0 Å². The highest BCUT2D eigenvalue weighted by Gasteiger charge is 2.21. The van der Waals surface area contributed by atoms with Crippen molar-refractivity contribution in [3.05, 3.63) is 0 Å². The van der Waals surface area contributed by atoms with Crippen LogP contribution >= 0.6 is 0 Å². The maximum Gasteiger partial charge on any atom is 0.237 e. The third-order valence-corrected chi connectivity index (χ3v) is 3.70. The van der Waals surface area contributed by atoms with Crippen LogP contribution in [0.1, 0.15) is 44.9 Å². The van der Waals surface area contributed by atoms with E-state index < -0.39 is 0 Å². The van der Waals surface area contributed by atoms with Crippen LogP contribution in [-0.4, -0.2) is 25.0 Å². The van der Waals surface area contributed by atoms with Gasteiger partial charge in [0, 0.05) is 6.54 Å². The molecule has 3 heteroatoms. The highest BCUT2D eigenvalue weighted by atomic mass is 16.2. The van der Waals surface area contributed by atoms with Gasteiger partial charge in [-0.2, -0.15) is 0 Å². The molecule has 1 heterocycles. The zero-order chi connectivity index (χ0) is 10.5. The van der Waals surface area contributed by atoms with Gasteiger partial charge in [-0.3, -0.25) is 4.79 Å². The second-order valence-corrected chi connectivity index (χ2v) is 4.88. The van der Waals surface area contributed by atoms with Gasteiger partial charge in [0.15, 0.2) is 0 Å². The molecule has 1 saturated heterocycles. The predicted molar refractivity (Wildman–Crippen MR) is 60.6 cm³/mol.